The number of halogens is 1. The molecule has 0 heterocycles. The quantitative estimate of drug-likeness (QED) is 0.474. The van der Waals surface area contributed by atoms with Gasteiger partial charge in [-0.2, -0.15) is 0 Å². The predicted molar refractivity (Wildman–Crippen MR) is 105 cm³/mol. The Hall–Kier alpha value is -2.23. The zero-order chi connectivity index (χ0) is 17.2. The van der Waals surface area contributed by atoms with Gasteiger partial charge in [0.1, 0.15) is 0 Å². The summed E-state index contributed by atoms with van der Waals surface area (Å²) < 4.78 is 0. The molecule has 0 fully saturated rings. The van der Waals surface area contributed by atoms with E-state index in [2.05, 4.69) is 41.7 Å². The number of fused-ring (bicyclic) bond motifs is 3. The Morgan fingerprint density at radius 1 is 0.960 bits per heavy atom. The van der Waals surface area contributed by atoms with Crippen LogP contribution in [0.4, 0.5) is 5.69 Å². The SMILES string of the molecule is O=C(CSc1ccc(Cl)cc1)Nc1ccc2c(c1)Cc1ccccc1-2. The minimum absolute atomic E-state index is 0.00425. The summed E-state index contributed by atoms with van der Waals surface area (Å²) in [5.41, 5.74) is 6.04. The molecule has 1 aliphatic rings. The second-order valence-electron chi connectivity index (χ2n) is 6.00. The Bertz CT molecular complexity index is 937. The highest BCUT2D eigenvalue weighted by atomic mass is 35.5. The normalized spacial score (nSPS) is 11.7. The van der Waals surface area contributed by atoms with Gasteiger partial charge in [-0.15, -0.1) is 11.8 Å². The summed E-state index contributed by atoms with van der Waals surface area (Å²) in [6.45, 7) is 0. The molecule has 124 valence electrons. The first-order chi connectivity index (χ1) is 12.2. The van der Waals surface area contributed by atoms with Crippen molar-refractivity contribution in [2.24, 2.45) is 0 Å². The van der Waals surface area contributed by atoms with Gasteiger partial charge in [0.05, 0.1) is 5.75 Å². The lowest BCUT2D eigenvalue weighted by Gasteiger charge is -2.08. The van der Waals surface area contributed by atoms with Crippen LogP contribution in [-0.4, -0.2) is 11.7 Å². The molecule has 1 amide bonds. The van der Waals surface area contributed by atoms with E-state index in [1.54, 1.807) is 0 Å². The first kappa shape index (κ1) is 16.2. The van der Waals surface area contributed by atoms with Crippen LogP contribution in [0.25, 0.3) is 11.1 Å². The van der Waals surface area contributed by atoms with Crippen molar-refractivity contribution < 1.29 is 4.79 Å². The molecule has 2 nitrogen and oxygen atoms in total. The summed E-state index contributed by atoms with van der Waals surface area (Å²) in [4.78, 5) is 13.2. The van der Waals surface area contributed by atoms with E-state index in [9.17, 15) is 4.79 Å². The third-order valence-corrected chi connectivity index (χ3v) is 5.53. The van der Waals surface area contributed by atoms with Crippen molar-refractivity contribution in [2.75, 3.05) is 11.1 Å². The van der Waals surface area contributed by atoms with Gasteiger partial charge in [0.15, 0.2) is 0 Å². The van der Waals surface area contributed by atoms with Crippen LogP contribution >= 0.6 is 23.4 Å². The minimum Gasteiger partial charge on any atom is -0.325 e. The molecule has 0 atom stereocenters. The molecule has 1 aliphatic carbocycles. The number of anilines is 1. The highest BCUT2D eigenvalue weighted by Crippen LogP contribution is 2.37. The molecular formula is C21H16ClNOS. The van der Waals surface area contributed by atoms with Gasteiger partial charge in [-0.25, -0.2) is 0 Å². The van der Waals surface area contributed by atoms with E-state index in [1.807, 2.05) is 30.3 Å². The third-order valence-electron chi connectivity index (χ3n) is 4.26. The molecule has 3 aromatic rings. The van der Waals surface area contributed by atoms with Crippen molar-refractivity contribution >= 4 is 35.0 Å². The number of nitrogens with one attached hydrogen (secondary N) is 1. The maximum atomic E-state index is 12.2. The predicted octanol–water partition coefficient (Wildman–Crippen LogP) is 5.64. The Morgan fingerprint density at radius 3 is 2.56 bits per heavy atom. The first-order valence-corrected chi connectivity index (χ1v) is 9.45. The summed E-state index contributed by atoms with van der Waals surface area (Å²) in [5.74, 6) is 0.370. The monoisotopic (exact) mass is 365 g/mol. The Balaban J connectivity index is 1.41. The topological polar surface area (TPSA) is 29.1 Å². The van der Waals surface area contributed by atoms with Crippen LogP contribution in [0.15, 0.2) is 71.6 Å². The van der Waals surface area contributed by atoms with Crippen LogP contribution in [0.5, 0.6) is 0 Å². The Labute approximate surface area is 156 Å². The second kappa shape index (κ2) is 6.95. The van der Waals surface area contributed by atoms with Crippen LogP contribution in [0, 0.1) is 0 Å². The largest absolute Gasteiger partial charge is 0.325 e. The number of carbonyl (C=O) groups is 1. The van der Waals surface area contributed by atoms with E-state index >= 15 is 0 Å². The van der Waals surface area contributed by atoms with Gasteiger partial charge in [0, 0.05) is 15.6 Å². The van der Waals surface area contributed by atoms with Gasteiger partial charge >= 0.3 is 0 Å². The molecule has 0 saturated carbocycles. The van der Waals surface area contributed by atoms with Gasteiger partial charge in [-0.1, -0.05) is 41.9 Å². The van der Waals surface area contributed by atoms with Crippen molar-refractivity contribution in [2.45, 2.75) is 11.3 Å². The van der Waals surface area contributed by atoms with Crippen LogP contribution < -0.4 is 5.32 Å². The summed E-state index contributed by atoms with van der Waals surface area (Å²) in [5, 5.41) is 3.70. The van der Waals surface area contributed by atoms with Gasteiger partial charge in [-0.05, 0) is 65.1 Å². The van der Waals surface area contributed by atoms with Gasteiger partial charge < -0.3 is 5.32 Å². The van der Waals surface area contributed by atoms with E-state index in [1.165, 1.54) is 34.0 Å². The number of benzene rings is 3. The molecule has 0 unspecified atom stereocenters. The average Bonchev–Trinajstić information content (AvgIpc) is 2.99. The van der Waals surface area contributed by atoms with Gasteiger partial charge in [0.25, 0.3) is 0 Å². The maximum absolute atomic E-state index is 12.2. The van der Waals surface area contributed by atoms with Crippen LogP contribution in [0.3, 0.4) is 0 Å². The Kier molecular flexibility index (Phi) is 4.51. The molecule has 0 spiro atoms. The van der Waals surface area contributed by atoms with Crippen molar-refractivity contribution in [1.82, 2.24) is 0 Å². The van der Waals surface area contributed by atoms with Gasteiger partial charge in [-0.3, -0.25) is 4.79 Å². The van der Waals surface area contributed by atoms with Crippen molar-refractivity contribution in [3.8, 4) is 11.1 Å². The standard InChI is InChI=1S/C21H16ClNOS/c22-16-5-8-18(9-6-16)25-13-21(24)23-17-7-10-20-15(12-17)11-14-3-1-2-4-19(14)20/h1-10,12H,11,13H2,(H,23,24). The molecule has 4 heteroatoms. The van der Waals surface area contributed by atoms with Crippen molar-refractivity contribution in [1.29, 1.82) is 0 Å². The lowest BCUT2D eigenvalue weighted by atomic mass is 10.1. The molecule has 0 bridgehead atoms. The number of thioether (sulfide) groups is 1. The number of carbonyl (C=O) groups excluding carboxylic acids is 1. The van der Waals surface area contributed by atoms with E-state index in [-0.39, 0.29) is 5.91 Å². The lowest BCUT2D eigenvalue weighted by molar-refractivity contribution is -0.113. The van der Waals surface area contributed by atoms with E-state index in [4.69, 9.17) is 11.6 Å². The number of hydrogen-bond donors (Lipinski definition) is 1. The molecule has 0 aliphatic heterocycles. The minimum atomic E-state index is -0.00425. The molecule has 1 N–H and O–H groups in total. The fourth-order valence-electron chi connectivity index (χ4n) is 3.10. The van der Waals surface area contributed by atoms with E-state index in [0.29, 0.717) is 10.8 Å². The number of rotatable bonds is 4. The van der Waals surface area contributed by atoms with Crippen molar-refractivity contribution in [3.63, 3.8) is 0 Å². The zero-order valence-corrected chi connectivity index (χ0v) is 15.0. The summed E-state index contributed by atoms with van der Waals surface area (Å²) in [6, 6.07) is 22.1. The zero-order valence-electron chi connectivity index (χ0n) is 13.5. The maximum Gasteiger partial charge on any atom is 0.234 e. The van der Waals surface area contributed by atoms with Crippen LogP contribution in [-0.2, 0) is 11.2 Å². The van der Waals surface area contributed by atoms with E-state index in [0.717, 1.165) is 17.0 Å². The fourth-order valence-corrected chi connectivity index (χ4v) is 3.92. The Morgan fingerprint density at radius 2 is 1.72 bits per heavy atom. The molecule has 0 aromatic heterocycles. The molecule has 4 rings (SSSR count). The lowest BCUT2D eigenvalue weighted by Crippen LogP contribution is -2.14. The molecule has 0 saturated heterocycles. The average molecular weight is 366 g/mol. The number of amides is 1. The third kappa shape index (κ3) is 3.58. The number of hydrogen-bond acceptors (Lipinski definition) is 2. The van der Waals surface area contributed by atoms with Gasteiger partial charge in [0.2, 0.25) is 5.91 Å². The molecule has 25 heavy (non-hydrogen) atoms. The summed E-state index contributed by atoms with van der Waals surface area (Å²) in [7, 11) is 0. The molecule has 3 aromatic carbocycles. The highest BCUT2D eigenvalue weighted by molar-refractivity contribution is 8.00. The summed E-state index contributed by atoms with van der Waals surface area (Å²) >= 11 is 7.37. The van der Waals surface area contributed by atoms with E-state index < -0.39 is 0 Å². The second-order valence-corrected chi connectivity index (χ2v) is 7.48. The van der Waals surface area contributed by atoms with Crippen LogP contribution in [0.2, 0.25) is 5.02 Å². The smallest absolute Gasteiger partial charge is 0.234 e. The van der Waals surface area contributed by atoms with Crippen molar-refractivity contribution in [3.05, 3.63) is 82.9 Å². The fraction of sp³-hybridized carbons (Fsp3) is 0.0952. The molecular weight excluding hydrogens is 350 g/mol. The summed E-state index contributed by atoms with van der Waals surface area (Å²) in [6.07, 6.45) is 0.925. The van der Waals surface area contributed by atoms with Crippen LogP contribution in [0.1, 0.15) is 11.1 Å². The highest BCUT2D eigenvalue weighted by Gasteiger charge is 2.18. The molecule has 0 radical (unpaired) electrons. The first-order valence-electron chi connectivity index (χ1n) is 8.08.